The normalized spacial score (nSPS) is 20.7. The van der Waals surface area contributed by atoms with Crippen molar-refractivity contribution in [1.82, 2.24) is 4.90 Å². The molecular weight excluding hydrogens is 342 g/mol. The van der Waals surface area contributed by atoms with Gasteiger partial charge in [0.2, 0.25) is 0 Å². The van der Waals surface area contributed by atoms with Crippen molar-refractivity contribution in [2.45, 2.75) is 46.3 Å². The van der Waals surface area contributed by atoms with E-state index >= 15 is 0 Å². The summed E-state index contributed by atoms with van der Waals surface area (Å²) in [5, 5.41) is 0.390. The number of amides is 1. The van der Waals surface area contributed by atoms with Gasteiger partial charge < -0.3 is 19.1 Å². The number of hydrogen-bond acceptors (Lipinski definition) is 4. The van der Waals surface area contributed by atoms with Crippen molar-refractivity contribution in [3.8, 4) is 11.5 Å². The zero-order valence-electron chi connectivity index (χ0n) is 15.7. The van der Waals surface area contributed by atoms with Crippen LogP contribution in [0.5, 0.6) is 11.5 Å². The van der Waals surface area contributed by atoms with Crippen LogP contribution in [-0.2, 0) is 4.74 Å². The number of carbonyl (C=O) groups is 1. The zero-order valence-corrected chi connectivity index (χ0v) is 16.4. The second kappa shape index (κ2) is 8.77. The summed E-state index contributed by atoms with van der Waals surface area (Å²) in [5.74, 6) is 1.44. The number of methoxy groups -OCH3 is 1. The minimum Gasteiger partial charge on any atom is -0.493 e. The first-order chi connectivity index (χ1) is 11.8. The van der Waals surface area contributed by atoms with Gasteiger partial charge in [-0.1, -0.05) is 25.4 Å². The van der Waals surface area contributed by atoms with Crippen LogP contribution in [0.3, 0.4) is 0 Å². The Hall–Kier alpha value is -1.46. The molecule has 1 aromatic carbocycles. The van der Waals surface area contributed by atoms with Crippen LogP contribution in [0.1, 0.15) is 44.5 Å². The van der Waals surface area contributed by atoms with E-state index < -0.39 is 0 Å². The smallest absolute Gasteiger partial charge is 0.254 e. The number of benzene rings is 1. The van der Waals surface area contributed by atoms with Gasteiger partial charge in [-0.15, -0.1) is 0 Å². The molecule has 1 aliphatic heterocycles. The third-order valence-electron chi connectivity index (χ3n) is 4.12. The lowest BCUT2D eigenvalue weighted by atomic mass is 10.1. The van der Waals surface area contributed by atoms with E-state index in [1.54, 1.807) is 24.1 Å². The molecule has 1 amide bonds. The molecule has 0 N–H and O–H groups in total. The van der Waals surface area contributed by atoms with Gasteiger partial charge in [0.1, 0.15) is 0 Å². The van der Waals surface area contributed by atoms with Gasteiger partial charge >= 0.3 is 0 Å². The lowest BCUT2D eigenvalue weighted by Crippen LogP contribution is -2.48. The van der Waals surface area contributed by atoms with E-state index in [4.69, 9.17) is 25.8 Å². The topological polar surface area (TPSA) is 48.0 Å². The summed E-state index contributed by atoms with van der Waals surface area (Å²) in [4.78, 5) is 14.6. The van der Waals surface area contributed by atoms with Gasteiger partial charge in [0.25, 0.3) is 5.91 Å². The lowest BCUT2D eigenvalue weighted by Gasteiger charge is -2.35. The highest BCUT2D eigenvalue weighted by Crippen LogP contribution is 2.37. The van der Waals surface area contributed by atoms with Crippen LogP contribution < -0.4 is 9.47 Å². The molecule has 1 aliphatic rings. The maximum atomic E-state index is 12.8. The Kier molecular flexibility index (Phi) is 6.96. The zero-order chi connectivity index (χ0) is 18.6. The number of ether oxygens (including phenoxy) is 3. The molecule has 0 spiro atoms. The van der Waals surface area contributed by atoms with Crippen molar-refractivity contribution >= 4 is 17.5 Å². The van der Waals surface area contributed by atoms with E-state index in [2.05, 4.69) is 13.8 Å². The first-order valence-electron chi connectivity index (χ1n) is 8.76. The molecule has 5 nitrogen and oxygen atoms in total. The average Bonchev–Trinajstić information content (AvgIpc) is 2.54. The Morgan fingerprint density at radius 3 is 2.52 bits per heavy atom. The number of morpholine rings is 1. The summed E-state index contributed by atoms with van der Waals surface area (Å²) >= 11 is 6.37. The van der Waals surface area contributed by atoms with E-state index in [9.17, 15) is 4.79 Å². The molecule has 1 heterocycles. The third kappa shape index (κ3) is 5.25. The van der Waals surface area contributed by atoms with Crippen molar-refractivity contribution in [3.63, 3.8) is 0 Å². The molecule has 0 bridgehead atoms. The molecule has 1 aromatic rings. The molecule has 0 saturated carbocycles. The minimum absolute atomic E-state index is 0.0173. The molecule has 0 aliphatic carbocycles. The average molecular weight is 370 g/mol. The Labute approximate surface area is 155 Å². The highest BCUT2D eigenvalue weighted by Gasteiger charge is 2.27. The van der Waals surface area contributed by atoms with Gasteiger partial charge in [-0.25, -0.2) is 0 Å². The first-order valence-corrected chi connectivity index (χ1v) is 9.14. The maximum absolute atomic E-state index is 12.8. The molecule has 2 atom stereocenters. The lowest BCUT2D eigenvalue weighted by molar-refractivity contribution is -0.0586. The third-order valence-corrected chi connectivity index (χ3v) is 4.41. The van der Waals surface area contributed by atoms with E-state index in [0.717, 1.165) is 6.42 Å². The largest absolute Gasteiger partial charge is 0.493 e. The van der Waals surface area contributed by atoms with Crippen LogP contribution in [0.25, 0.3) is 0 Å². The van der Waals surface area contributed by atoms with Crippen LogP contribution in [0.15, 0.2) is 12.1 Å². The van der Waals surface area contributed by atoms with E-state index in [1.165, 1.54) is 0 Å². The number of hydrogen-bond donors (Lipinski definition) is 0. The summed E-state index contributed by atoms with van der Waals surface area (Å²) in [7, 11) is 1.55. The van der Waals surface area contributed by atoms with Gasteiger partial charge in [0, 0.05) is 18.7 Å². The quantitative estimate of drug-likeness (QED) is 0.759. The summed E-state index contributed by atoms with van der Waals surface area (Å²) < 4.78 is 16.9. The van der Waals surface area contributed by atoms with Crippen molar-refractivity contribution in [2.24, 2.45) is 5.92 Å². The first kappa shape index (κ1) is 19.9. The van der Waals surface area contributed by atoms with Crippen LogP contribution in [0, 0.1) is 5.92 Å². The van der Waals surface area contributed by atoms with Crippen molar-refractivity contribution < 1.29 is 19.0 Å². The van der Waals surface area contributed by atoms with E-state index in [0.29, 0.717) is 47.7 Å². The molecule has 0 radical (unpaired) electrons. The summed E-state index contributed by atoms with van der Waals surface area (Å²) in [6, 6.07) is 3.35. The summed E-state index contributed by atoms with van der Waals surface area (Å²) in [5.41, 5.74) is 0.499. The number of nitrogens with zero attached hydrogens (tertiary/aromatic N) is 1. The standard InChI is InChI=1S/C19H28ClNO4/c1-12(2)6-7-24-18-16(20)8-15(9-17(18)23-5)19(22)21-10-13(3)25-14(4)11-21/h8-9,12-14H,6-7,10-11H2,1-5H3/t13-,14-/m0/s1. The molecule has 2 rings (SSSR count). The van der Waals surface area contributed by atoms with Crippen LogP contribution >= 0.6 is 11.6 Å². The van der Waals surface area contributed by atoms with Gasteiger partial charge in [-0.3, -0.25) is 4.79 Å². The molecule has 6 heteroatoms. The molecular formula is C19H28ClNO4. The van der Waals surface area contributed by atoms with Gasteiger partial charge in [0.05, 0.1) is 30.9 Å². The molecule has 0 aromatic heterocycles. The SMILES string of the molecule is COc1cc(C(=O)N2C[C@H](C)O[C@@H](C)C2)cc(Cl)c1OCCC(C)C. The van der Waals surface area contributed by atoms with Gasteiger partial charge in [-0.2, -0.15) is 0 Å². The maximum Gasteiger partial charge on any atom is 0.254 e. The Balaban J connectivity index is 2.18. The molecule has 0 unspecified atom stereocenters. The molecule has 140 valence electrons. The Morgan fingerprint density at radius 2 is 1.96 bits per heavy atom. The highest BCUT2D eigenvalue weighted by molar-refractivity contribution is 6.32. The highest BCUT2D eigenvalue weighted by atomic mass is 35.5. The van der Waals surface area contributed by atoms with Gasteiger partial charge in [0.15, 0.2) is 11.5 Å². The van der Waals surface area contributed by atoms with Crippen molar-refractivity contribution in [3.05, 3.63) is 22.7 Å². The summed E-state index contributed by atoms with van der Waals surface area (Å²) in [6.45, 7) is 9.89. The molecule has 1 fully saturated rings. The second-order valence-electron chi connectivity index (χ2n) is 6.99. The fraction of sp³-hybridized carbons (Fsp3) is 0.632. The predicted octanol–water partition coefficient (Wildman–Crippen LogP) is 4.02. The Morgan fingerprint density at radius 1 is 1.32 bits per heavy atom. The van der Waals surface area contributed by atoms with Crippen LogP contribution in [0.4, 0.5) is 0 Å². The number of carbonyl (C=O) groups excluding carboxylic acids is 1. The van der Waals surface area contributed by atoms with Crippen molar-refractivity contribution in [1.29, 1.82) is 0 Å². The van der Waals surface area contributed by atoms with Gasteiger partial charge in [-0.05, 0) is 38.3 Å². The monoisotopic (exact) mass is 369 g/mol. The van der Waals surface area contributed by atoms with Crippen molar-refractivity contribution in [2.75, 3.05) is 26.8 Å². The minimum atomic E-state index is -0.0732. The molecule has 25 heavy (non-hydrogen) atoms. The second-order valence-corrected chi connectivity index (χ2v) is 7.40. The number of rotatable bonds is 6. The predicted molar refractivity (Wildman–Crippen MR) is 98.9 cm³/mol. The van der Waals surface area contributed by atoms with Crippen LogP contribution in [-0.4, -0.2) is 49.8 Å². The summed E-state index contributed by atoms with van der Waals surface area (Å²) in [6.07, 6.45) is 0.955. The molecule has 1 saturated heterocycles. The fourth-order valence-corrected chi connectivity index (χ4v) is 3.17. The van der Waals surface area contributed by atoms with Crippen LogP contribution in [0.2, 0.25) is 5.02 Å². The Bertz CT molecular complexity index is 595. The van der Waals surface area contributed by atoms with E-state index in [1.807, 2.05) is 13.8 Å². The van der Waals surface area contributed by atoms with E-state index in [-0.39, 0.29) is 18.1 Å². The fourth-order valence-electron chi connectivity index (χ4n) is 2.91. The number of halogens is 1.